The Kier molecular flexibility index (Phi) is 5.49. The molecule has 3 nitrogen and oxygen atoms in total. The highest BCUT2D eigenvalue weighted by Crippen LogP contribution is 2.29. The van der Waals surface area contributed by atoms with Crippen LogP contribution >= 0.6 is 0 Å². The van der Waals surface area contributed by atoms with Crippen molar-refractivity contribution in [1.29, 1.82) is 0 Å². The summed E-state index contributed by atoms with van der Waals surface area (Å²) in [6.07, 6.45) is 3.03. The number of aryl methyl sites for hydroxylation is 2. The van der Waals surface area contributed by atoms with Crippen LogP contribution in [0.1, 0.15) is 36.5 Å². The minimum absolute atomic E-state index is 0.0350. The first-order chi connectivity index (χ1) is 12.1. The molecule has 1 aliphatic rings. The number of nitrogens with one attached hydrogen (secondary N) is 1. The van der Waals surface area contributed by atoms with Gasteiger partial charge in [0, 0.05) is 23.8 Å². The lowest BCUT2D eigenvalue weighted by atomic mass is 10.1. The second-order valence-corrected chi connectivity index (χ2v) is 6.74. The summed E-state index contributed by atoms with van der Waals surface area (Å²) >= 11 is 0. The van der Waals surface area contributed by atoms with Gasteiger partial charge in [-0.05, 0) is 43.4 Å². The fourth-order valence-corrected chi connectivity index (χ4v) is 3.16. The van der Waals surface area contributed by atoms with Gasteiger partial charge in [-0.1, -0.05) is 43.3 Å². The van der Waals surface area contributed by atoms with Gasteiger partial charge < -0.3 is 5.32 Å². The van der Waals surface area contributed by atoms with Crippen molar-refractivity contribution in [3.05, 3.63) is 65.0 Å². The fourth-order valence-electron chi connectivity index (χ4n) is 3.16. The molecule has 1 aliphatic carbocycles. The molecule has 0 radical (unpaired) electrons. The number of para-hydroxylation sites is 1. The molecule has 132 valence electrons. The molecule has 0 bridgehead atoms. The molecule has 4 heteroatoms. The third-order valence-corrected chi connectivity index (χ3v) is 4.75. The normalized spacial score (nSPS) is 13.9. The van der Waals surface area contributed by atoms with Gasteiger partial charge >= 0.3 is 0 Å². The summed E-state index contributed by atoms with van der Waals surface area (Å²) < 4.78 is 13.9. The first kappa shape index (κ1) is 17.6. The second kappa shape index (κ2) is 7.79. The molecule has 0 unspecified atom stereocenters. The van der Waals surface area contributed by atoms with Crippen LogP contribution in [0.25, 0.3) is 0 Å². The maximum atomic E-state index is 13.9. The molecule has 0 aromatic heterocycles. The molecule has 0 atom stereocenters. The van der Waals surface area contributed by atoms with Crippen molar-refractivity contribution in [2.45, 2.75) is 45.7 Å². The van der Waals surface area contributed by atoms with Crippen LogP contribution in [0.2, 0.25) is 0 Å². The number of anilines is 1. The highest BCUT2D eigenvalue weighted by atomic mass is 19.1. The third-order valence-electron chi connectivity index (χ3n) is 4.75. The Hall–Kier alpha value is -2.20. The second-order valence-electron chi connectivity index (χ2n) is 6.74. The molecule has 3 rings (SSSR count). The molecule has 0 spiro atoms. The van der Waals surface area contributed by atoms with Crippen LogP contribution in [0.4, 0.5) is 10.1 Å². The Bertz CT molecular complexity index is 755. The number of amides is 1. The summed E-state index contributed by atoms with van der Waals surface area (Å²) in [4.78, 5) is 14.7. The number of nitrogens with zero attached hydrogens (tertiary/aromatic N) is 1. The van der Waals surface area contributed by atoms with Gasteiger partial charge in [0.1, 0.15) is 5.82 Å². The van der Waals surface area contributed by atoms with Crippen LogP contribution in [-0.2, 0) is 17.8 Å². The van der Waals surface area contributed by atoms with Crippen molar-refractivity contribution in [3.63, 3.8) is 0 Å². The molecule has 1 saturated carbocycles. The Morgan fingerprint density at radius 2 is 1.88 bits per heavy atom. The fraction of sp³-hybridized carbons (Fsp3) is 0.381. The van der Waals surface area contributed by atoms with Crippen molar-refractivity contribution in [3.8, 4) is 0 Å². The molecule has 2 aromatic carbocycles. The van der Waals surface area contributed by atoms with Crippen molar-refractivity contribution < 1.29 is 9.18 Å². The largest absolute Gasteiger partial charge is 0.324 e. The van der Waals surface area contributed by atoms with Crippen LogP contribution in [0, 0.1) is 12.7 Å². The first-order valence-electron chi connectivity index (χ1n) is 8.94. The lowest BCUT2D eigenvalue weighted by molar-refractivity contribution is -0.117. The molecule has 0 aliphatic heterocycles. The zero-order valence-electron chi connectivity index (χ0n) is 14.9. The van der Waals surface area contributed by atoms with Crippen LogP contribution in [0.15, 0.2) is 42.5 Å². The number of rotatable bonds is 7. The van der Waals surface area contributed by atoms with Gasteiger partial charge in [0.05, 0.1) is 6.54 Å². The maximum absolute atomic E-state index is 13.9. The van der Waals surface area contributed by atoms with E-state index < -0.39 is 0 Å². The molecule has 1 amide bonds. The molecular weight excluding hydrogens is 315 g/mol. The van der Waals surface area contributed by atoms with Crippen molar-refractivity contribution >= 4 is 11.6 Å². The Morgan fingerprint density at radius 3 is 2.56 bits per heavy atom. The van der Waals surface area contributed by atoms with Gasteiger partial charge in [-0.2, -0.15) is 0 Å². The average molecular weight is 340 g/mol. The number of carbonyl (C=O) groups is 1. The number of hydrogen-bond acceptors (Lipinski definition) is 2. The standard InChI is InChI=1S/C21H25FN2O/c1-3-16-9-6-7-15(2)21(16)23-20(25)14-24(18-11-12-18)13-17-8-4-5-10-19(17)22/h4-10,18H,3,11-14H2,1-2H3,(H,23,25). The van der Waals surface area contributed by atoms with Crippen molar-refractivity contribution in [2.75, 3.05) is 11.9 Å². The zero-order chi connectivity index (χ0) is 17.8. The smallest absolute Gasteiger partial charge is 0.238 e. The van der Waals surface area contributed by atoms with E-state index in [-0.39, 0.29) is 18.3 Å². The Balaban J connectivity index is 1.69. The van der Waals surface area contributed by atoms with Gasteiger partial charge in [-0.3, -0.25) is 9.69 Å². The number of benzene rings is 2. The van der Waals surface area contributed by atoms with E-state index in [1.54, 1.807) is 12.1 Å². The van der Waals surface area contributed by atoms with Gasteiger partial charge in [0.15, 0.2) is 0 Å². The topological polar surface area (TPSA) is 32.3 Å². The van der Waals surface area contributed by atoms with E-state index in [0.717, 1.165) is 36.1 Å². The molecule has 0 heterocycles. The van der Waals surface area contributed by atoms with E-state index in [0.29, 0.717) is 18.2 Å². The number of halogens is 1. The summed E-state index contributed by atoms with van der Waals surface area (Å²) in [6.45, 7) is 4.85. The average Bonchev–Trinajstić information content (AvgIpc) is 3.43. The van der Waals surface area contributed by atoms with Gasteiger partial charge in [-0.15, -0.1) is 0 Å². The van der Waals surface area contributed by atoms with Crippen LogP contribution in [-0.4, -0.2) is 23.4 Å². The van der Waals surface area contributed by atoms with Gasteiger partial charge in [-0.25, -0.2) is 4.39 Å². The summed E-state index contributed by atoms with van der Waals surface area (Å²) in [7, 11) is 0. The van der Waals surface area contributed by atoms with E-state index in [2.05, 4.69) is 17.1 Å². The summed E-state index contributed by atoms with van der Waals surface area (Å²) in [6, 6.07) is 13.2. The molecule has 1 fully saturated rings. The predicted octanol–water partition coefficient (Wildman–Crippen LogP) is 4.30. The van der Waals surface area contributed by atoms with Gasteiger partial charge in [0.2, 0.25) is 5.91 Å². The zero-order valence-corrected chi connectivity index (χ0v) is 14.9. The lowest BCUT2D eigenvalue weighted by Crippen LogP contribution is -2.35. The first-order valence-corrected chi connectivity index (χ1v) is 8.94. The minimum Gasteiger partial charge on any atom is -0.324 e. The SMILES string of the molecule is CCc1cccc(C)c1NC(=O)CN(Cc1ccccc1F)C1CC1. The molecule has 1 N–H and O–H groups in total. The quantitative estimate of drug-likeness (QED) is 0.815. The van der Waals surface area contributed by atoms with E-state index in [1.807, 2.05) is 31.2 Å². The number of hydrogen-bond donors (Lipinski definition) is 1. The third kappa shape index (κ3) is 4.45. The van der Waals surface area contributed by atoms with E-state index in [9.17, 15) is 9.18 Å². The Morgan fingerprint density at radius 1 is 1.16 bits per heavy atom. The van der Waals surface area contributed by atoms with Crippen LogP contribution < -0.4 is 5.32 Å². The molecule has 0 saturated heterocycles. The molecular formula is C21H25FN2O. The monoisotopic (exact) mass is 340 g/mol. The highest BCUT2D eigenvalue weighted by Gasteiger charge is 2.30. The van der Waals surface area contributed by atoms with Crippen LogP contribution in [0.5, 0.6) is 0 Å². The van der Waals surface area contributed by atoms with E-state index in [4.69, 9.17) is 0 Å². The van der Waals surface area contributed by atoms with E-state index >= 15 is 0 Å². The van der Waals surface area contributed by atoms with Gasteiger partial charge in [0.25, 0.3) is 0 Å². The summed E-state index contributed by atoms with van der Waals surface area (Å²) in [5.74, 6) is -0.243. The Labute approximate surface area is 148 Å². The number of carbonyl (C=O) groups excluding carboxylic acids is 1. The van der Waals surface area contributed by atoms with Crippen molar-refractivity contribution in [2.24, 2.45) is 0 Å². The minimum atomic E-state index is -0.208. The maximum Gasteiger partial charge on any atom is 0.238 e. The van der Waals surface area contributed by atoms with Crippen LogP contribution in [0.3, 0.4) is 0 Å². The molecule has 25 heavy (non-hydrogen) atoms. The predicted molar refractivity (Wildman–Crippen MR) is 99.0 cm³/mol. The van der Waals surface area contributed by atoms with Crippen molar-refractivity contribution in [1.82, 2.24) is 4.90 Å². The molecule has 2 aromatic rings. The summed E-state index contributed by atoms with van der Waals surface area (Å²) in [5.41, 5.74) is 3.77. The van der Waals surface area contributed by atoms with E-state index in [1.165, 1.54) is 6.07 Å². The summed E-state index contributed by atoms with van der Waals surface area (Å²) in [5, 5.41) is 3.07. The highest BCUT2D eigenvalue weighted by molar-refractivity contribution is 5.93. The lowest BCUT2D eigenvalue weighted by Gasteiger charge is -2.22.